The molecule has 1 aromatic carbocycles. The molecule has 7 nitrogen and oxygen atoms in total. The molecule has 1 aliphatic heterocycles. The fraction of sp³-hybridized carbons (Fsp3) is 0.500. The van der Waals surface area contributed by atoms with E-state index in [9.17, 15) is 9.59 Å². The third-order valence-electron chi connectivity index (χ3n) is 7.47. The van der Waals surface area contributed by atoms with Crippen LogP contribution in [0.2, 0.25) is 0 Å². The summed E-state index contributed by atoms with van der Waals surface area (Å²) < 4.78 is 6.56. The summed E-state index contributed by atoms with van der Waals surface area (Å²) in [6, 6.07) is 5.92. The van der Waals surface area contributed by atoms with Crippen molar-refractivity contribution in [1.29, 1.82) is 0 Å². The van der Waals surface area contributed by atoms with E-state index in [1.54, 1.807) is 11.3 Å². The minimum atomic E-state index is -0.0136. The smallest absolute Gasteiger partial charge is 0.276 e. The molecule has 32 heavy (non-hydrogen) atoms. The number of rotatable bonds is 3. The van der Waals surface area contributed by atoms with Gasteiger partial charge < -0.3 is 14.7 Å². The van der Waals surface area contributed by atoms with E-state index in [0.717, 1.165) is 77.2 Å². The number of hydrogen-bond donors (Lipinski definition) is 1. The van der Waals surface area contributed by atoms with Crippen LogP contribution in [0.15, 0.2) is 22.7 Å². The number of likely N-dealkylation sites (tertiary alicyclic amines) is 1. The van der Waals surface area contributed by atoms with Gasteiger partial charge in [0, 0.05) is 36.7 Å². The van der Waals surface area contributed by atoms with E-state index in [-0.39, 0.29) is 23.1 Å². The van der Waals surface area contributed by atoms with Gasteiger partial charge in [0.25, 0.3) is 5.91 Å². The van der Waals surface area contributed by atoms with Gasteiger partial charge in [0.05, 0.1) is 15.2 Å². The van der Waals surface area contributed by atoms with Crippen LogP contribution in [-0.2, 0) is 17.6 Å². The van der Waals surface area contributed by atoms with E-state index in [1.165, 1.54) is 0 Å². The fourth-order valence-corrected chi connectivity index (χ4v) is 6.29. The van der Waals surface area contributed by atoms with Gasteiger partial charge in [-0.1, -0.05) is 5.16 Å². The van der Waals surface area contributed by atoms with Crippen molar-refractivity contribution in [2.45, 2.75) is 51.9 Å². The Kier molecular flexibility index (Phi) is 4.61. The molecule has 166 valence electrons. The first-order valence-corrected chi connectivity index (χ1v) is 12.3. The average molecular weight is 451 g/mol. The van der Waals surface area contributed by atoms with Crippen LogP contribution in [-0.4, -0.2) is 39.9 Å². The third-order valence-corrected chi connectivity index (χ3v) is 8.42. The molecule has 0 bridgehead atoms. The first-order valence-electron chi connectivity index (χ1n) is 11.5. The SMILES string of the molecule is Cc1nc2cc(NC(=O)C3CC34CCN(C(=O)c3noc5c3CCCC5)CC4)ccc2s1. The Bertz CT molecular complexity index is 1220. The third kappa shape index (κ3) is 3.32. The highest BCUT2D eigenvalue weighted by Gasteiger charge is 2.58. The first-order chi connectivity index (χ1) is 15.5. The molecule has 1 unspecified atom stereocenters. The monoisotopic (exact) mass is 450 g/mol. The molecule has 3 aliphatic rings. The average Bonchev–Trinajstić information content (AvgIpc) is 3.14. The molecule has 2 aromatic heterocycles. The number of fused-ring (bicyclic) bond motifs is 2. The standard InChI is InChI=1S/C24H26N4O3S/c1-14-25-18-12-15(6-7-20(18)32-14)26-22(29)17-13-24(17)8-10-28(11-9-24)23(30)21-16-4-2-3-5-19(16)31-27-21/h6-7,12,17H,2-5,8-11,13H2,1H3,(H,26,29). The normalized spacial score (nSPS) is 21.5. The molecular weight excluding hydrogens is 424 g/mol. The Morgan fingerprint density at radius 2 is 2.03 bits per heavy atom. The zero-order chi connectivity index (χ0) is 21.9. The zero-order valence-corrected chi connectivity index (χ0v) is 19.0. The summed E-state index contributed by atoms with van der Waals surface area (Å²) in [5.41, 5.74) is 3.28. The van der Waals surface area contributed by atoms with Crippen molar-refractivity contribution >= 4 is 39.1 Å². The predicted molar refractivity (Wildman–Crippen MR) is 122 cm³/mol. The summed E-state index contributed by atoms with van der Waals surface area (Å²) in [4.78, 5) is 32.4. The maximum absolute atomic E-state index is 13.0. The van der Waals surface area contributed by atoms with Gasteiger partial charge in [0.1, 0.15) is 5.76 Å². The van der Waals surface area contributed by atoms with E-state index >= 15 is 0 Å². The fourth-order valence-electron chi connectivity index (χ4n) is 5.48. The highest BCUT2D eigenvalue weighted by atomic mass is 32.1. The molecule has 0 radical (unpaired) electrons. The van der Waals surface area contributed by atoms with Crippen LogP contribution in [0.4, 0.5) is 5.69 Å². The number of carbonyl (C=O) groups excluding carboxylic acids is 2. The molecule has 1 saturated carbocycles. The van der Waals surface area contributed by atoms with Crippen molar-refractivity contribution in [3.63, 3.8) is 0 Å². The quantitative estimate of drug-likeness (QED) is 0.641. The van der Waals surface area contributed by atoms with Gasteiger partial charge in [-0.15, -0.1) is 11.3 Å². The topological polar surface area (TPSA) is 88.3 Å². The van der Waals surface area contributed by atoms with Crippen LogP contribution in [0.3, 0.4) is 0 Å². The van der Waals surface area contributed by atoms with Crippen molar-refractivity contribution in [1.82, 2.24) is 15.0 Å². The lowest BCUT2D eigenvalue weighted by Gasteiger charge is -2.32. The number of benzene rings is 1. The van der Waals surface area contributed by atoms with Gasteiger partial charge >= 0.3 is 0 Å². The van der Waals surface area contributed by atoms with Crippen LogP contribution in [0.5, 0.6) is 0 Å². The Labute approximate surface area is 190 Å². The summed E-state index contributed by atoms with van der Waals surface area (Å²) in [5.74, 6) is 0.979. The van der Waals surface area contributed by atoms with Crippen molar-refractivity contribution in [3.8, 4) is 0 Å². The van der Waals surface area contributed by atoms with E-state index in [4.69, 9.17) is 4.52 Å². The molecule has 8 heteroatoms. The summed E-state index contributed by atoms with van der Waals surface area (Å²) in [5, 5.41) is 8.22. The van der Waals surface area contributed by atoms with Crippen LogP contribution >= 0.6 is 11.3 Å². The summed E-state index contributed by atoms with van der Waals surface area (Å²) in [6.07, 6.45) is 6.57. The van der Waals surface area contributed by atoms with Crippen molar-refractivity contribution < 1.29 is 14.1 Å². The minimum absolute atomic E-state index is 0.0136. The lowest BCUT2D eigenvalue weighted by molar-refractivity contribution is -0.118. The number of aryl methyl sites for hydroxylation is 2. The van der Waals surface area contributed by atoms with Gasteiger partial charge in [0.15, 0.2) is 5.69 Å². The molecule has 1 saturated heterocycles. The predicted octanol–water partition coefficient (Wildman–Crippen LogP) is 4.35. The molecule has 6 rings (SSSR count). The number of amides is 2. The number of nitrogens with one attached hydrogen (secondary N) is 1. The van der Waals surface area contributed by atoms with Crippen LogP contribution in [0.1, 0.15) is 58.9 Å². The Morgan fingerprint density at radius 1 is 1.22 bits per heavy atom. The van der Waals surface area contributed by atoms with Crippen LogP contribution in [0, 0.1) is 18.3 Å². The van der Waals surface area contributed by atoms with Gasteiger partial charge in [-0.25, -0.2) is 4.98 Å². The molecule has 1 spiro atoms. The summed E-state index contributed by atoms with van der Waals surface area (Å²) in [6.45, 7) is 3.34. The number of thiazole rings is 1. The molecular formula is C24H26N4O3S. The molecule has 3 aromatic rings. The number of aromatic nitrogens is 2. The van der Waals surface area contributed by atoms with E-state index in [0.29, 0.717) is 18.8 Å². The Morgan fingerprint density at radius 3 is 2.88 bits per heavy atom. The van der Waals surface area contributed by atoms with Crippen molar-refractivity contribution in [3.05, 3.63) is 40.2 Å². The molecule has 1 atom stereocenters. The number of anilines is 1. The Hall–Kier alpha value is -2.74. The second-order valence-corrected chi connectivity index (χ2v) is 10.7. The number of hydrogen-bond acceptors (Lipinski definition) is 6. The second-order valence-electron chi connectivity index (χ2n) is 9.46. The lowest BCUT2D eigenvalue weighted by atomic mass is 9.90. The molecule has 2 amide bonds. The van der Waals surface area contributed by atoms with Gasteiger partial charge in [-0.2, -0.15) is 0 Å². The van der Waals surface area contributed by atoms with E-state index in [1.807, 2.05) is 30.0 Å². The summed E-state index contributed by atoms with van der Waals surface area (Å²) >= 11 is 1.66. The number of carbonyl (C=O) groups is 2. The molecule has 3 heterocycles. The van der Waals surface area contributed by atoms with E-state index in [2.05, 4.69) is 15.5 Å². The molecule has 2 aliphatic carbocycles. The van der Waals surface area contributed by atoms with Gasteiger partial charge in [-0.3, -0.25) is 9.59 Å². The zero-order valence-electron chi connectivity index (χ0n) is 18.1. The second kappa shape index (κ2) is 7.40. The van der Waals surface area contributed by atoms with Crippen molar-refractivity contribution in [2.24, 2.45) is 11.3 Å². The highest BCUT2D eigenvalue weighted by molar-refractivity contribution is 7.18. The molecule has 2 fully saturated rings. The van der Waals surface area contributed by atoms with E-state index < -0.39 is 0 Å². The number of nitrogens with zero attached hydrogens (tertiary/aromatic N) is 3. The number of piperidine rings is 1. The maximum atomic E-state index is 13.0. The Balaban J connectivity index is 1.08. The maximum Gasteiger partial charge on any atom is 0.276 e. The largest absolute Gasteiger partial charge is 0.360 e. The highest BCUT2D eigenvalue weighted by Crippen LogP contribution is 2.59. The van der Waals surface area contributed by atoms with Gasteiger partial charge in [-0.05, 0) is 69.1 Å². The van der Waals surface area contributed by atoms with Crippen molar-refractivity contribution in [2.75, 3.05) is 18.4 Å². The van der Waals surface area contributed by atoms with Gasteiger partial charge in [0.2, 0.25) is 5.91 Å². The van der Waals surface area contributed by atoms with Crippen LogP contribution < -0.4 is 5.32 Å². The minimum Gasteiger partial charge on any atom is -0.360 e. The summed E-state index contributed by atoms with van der Waals surface area (Å²) in [7, 11) is 0. The first kappa shape index (κ1) is 19.9. The van der Waals surface area contributed by atoms with Crippen LogP contribution in [0.25, 0.3) is 10.2 Å². The molecule has 1 N–H and O–H groups in total. The lowest BCUT2D eigenvalue weighted by Crippen LogP contribution is -2.40.